The Balaban J connectivity index is 2.42. The first-order chi connectivity index (χ1) is 8.68. The maximum Gasteiger partial charge on any atom is 0.311 e. The number of aliphatic carboxylic acids is 1. The molecule has 1 aliphatic heterocycles. The topological polar surface area (TPSA) is 101 Å². The summed E-state index contributed by atoms with van der Waals surface area (Å²) in [6, 6.07) is 0. The van der Waals surface area contributed by atoms with E-state index in [2.05, 4.69) is 5.32 Å². The van der Waals surface area contributed by atoms with Gasteiger partial charge in [-0.3, -0.25) is 9.59 Å². The Morgan fingerprint density at radius 3 is 2.47 bits per heavy atom. The van der Waals surface area contributed by atoms with Crippen LogP contribution in [0.2, 0.25) is 0 Å². The van der Waals surface area contributed by atoms with Crippen LogP contribution in [0, 0.1) is 11.3 Å². The maximum atomic E-state index is 11.7. The molecule has 0 radical (unpaired) electrons. The van der Waals surface area contributed by atoms with Gasteiger partial charge < -0.3 is 10.4 Å². The Bertz CT molecular complexity index is 459. The second-order valence-electron chi connectivity index (χ2n) is 5.47. The van der Waals surface area contributed by atoms with E-state index in [1.807, 2.05) is 0 Å². The average Bonchev–Trinajstić information content (AvgIpc) is 2.65. The SMILES string of the molecule is CCC(C)(CNC(=O)CC1CCS(=O)(=O)C1)C(=O)O. The van der Waals surface area contributed by atoms with E-state index in [9.17, 15) is 18.0 Å². The lowest BCUT2D eigenvalue weighted by Crippen LogP contribution is -2.41. The lowest BCUT2D eigenvalue weighted by Gasteiger charge is -2.23. The molecule has 0 spiro atoms. The minimum atomic E-state index is -2.98. The highest BCUT2D eigenvalue weighted by molar-refractivity contribution is 7.91. The van der Waals surface area contributed by atoms with Gasteiger partial charge in [0.05, 0.1) is 16.9 Å². The lowest BCUT2D eigenvalue weighted by molar-refractivity contribution is -0.148. The van der Waals surface area contributed by atoms with Crippen LogP contribution in [-0.4, -0.2) is 43.5 Å². The van der Waals surface area contributed by atoms with Crippen molar-refractivity contribution in [1.29, 1.82) is 0 Å². The molecule has 1 saturated heterocycles. The molecule has 1 fully saturated rings. The fourth-order valence-electron chi connectivity index (χ4n) is 2.01. The molecule has 0 aromatic heterocycles. The second kappa shape index (κ2) is 5.90. The van der Waals surface area contributed by atoms with Gasteiger partial charge in [-0.15, -0.1) is 0 Å². The van der Waals surface area contributed by atoms with Crippen molar-refractivity contribution in [3.8, 4) is 0 Å². The van der Waals surface area contributed by atoms with Gasteiger partial charge in [0.15, 0.2) is 9.84 Å². The quantitative estimate of drug-likeness (QED) is 0.739. The Morgan fingerprint density at radius 2 is 2.05 bits per heavy atom. The van der Waals surface area contributed by atoms with Crippen LogP contribution in [0.1, 0.15) is 33.1 Å². The van der Waals surface area contributed by atoms with Crippen molar-refractivity contribution in [2.24, 2.45) is 11.3 Å². The molecule has 0 aromatic carbocycles. The number of carboxylic acid groups (broad SMARTS) is 1. The molecule has 110 valence electrons. The van der Waals surface area contributed by atoms with Gasteiger partial charge in [0, 0.05) is 13.0 Å². The summed E-state index contributed by atoms with van der Waals surface area (Å²) in [5.74, 6) is -1.15. The van der Waals surface area contributed by atoms with Crippen LogP contribution >= 0.6 is 0 Å². The van der Waals surface area contributed by atoms with E-state index in [1.54, 1.807) is 13.8 Å². The Kier molecular flexibility index (Phi) is 4.95. The highest BCUT2D eigenvalue weighted by atomic mass is 32.2. The van der Waals surface area contributed by atoms with Crippen LogP contribution in [0.3, 0.4) is 0 Å². The monoisotopic (exact) mass is 291 g/mol. The molecule has 1 heterocycles. The standard InChI is InChI=1S/C12H21NO5S/c1-3-12(2,11(15)16)8-13-10(14)6-9-4-5-19(17,18)7-9/h9H,3-8H2,1-2H3,(H,13,14)(H,15,16). The van der Waals surface area contributed by atoms with Crippen LogP contribution in [0.5, 0.6) is 0 Å². The molecule has 1 aliphatic rings. The molecule has 2 N–H and O–H groups in total. The summed E-state index contributed by atoms with van der Waals surface area (Å²) in [6.07, 6.45) is 1.08. The van der Waals surface area contributed by atoms with Gasteiger partial charge in [-0.1, -0.05) is 6.92 Å². The minimum absolute atomic E-state index is 0.0599. The van der Waals surface area contributed by atoms with Gasteiger partial charge in [-0.25, -0.2) is 8.42 Å². The number of amides is 1. The molecule has 1 rings (SSSR count). The van der Waals surface area contributed by atoms with Crippen molar-refractivity contribution in [2.45, 2.75) is 33.1 Å². The maximum absolute atomic E-state index is 11.7. The summed E-state index contributed by atoms with van der Waals surface area (Å²) in [4.78, 5) is 22.8. The number of hydrogen-bond donors (Lipinski definition) is 2. The first kappa shape index (κ1) is 15.9. The van der Waals surface area contributed by atoms with Crippen molar-refractivity contribution >= 4 is 21.7 Å². The van der Waals surface area contributed by atoms with Gasteiger partial charge in [0.2, 0.25) is 5.91 Å². The van der Waals surface area contributed by atoms with Crippen LogP contribution in [0.25, 0.3) is 0 Å². The highest BCUT2D eigenvalue weighted by Crippen LogP contribution is 2.22. The Hall–Kier alpha value is -1.11. The minimum Gasteiger partial charge on any atom is -0.481 e. The number of carbonyl (C=O) groups is 2. The summed E-state index contributed by atoms with van der Waals surface area (Å²) in [5, 5.41) is 11.7. The second-order valence-corrected chi connectivity index (χ2v) is 7.70. The number of sulfone groups is 1. The first-order valence-corrected chi connectivity index (χ1v) is 8.21. The zero-order chi connectivity index (χ0) is 14.7. The van der Waals surface area contributed by atoms with E-state index < -0.39 is 21.2 Å². The molecule has 7 heteroatoms. The van der Waals surface area contributed by atoms with Crippen molar-refractivity contribution < 1.29 is 23.1 Å². The van der Waals surface area contributed by atoms with Crippen molar-refractivity contribution in [3.63, 3.8) is 0 Å². The zero-order valence-corrected chi connectivity index (χ0v) is 12.1. The number of rotatable bonds is 6. The molecule has 0 aromatic rings. The van der Waals surface area contributed by atoms with Crippen molar-refractivity contribution in [2.75, 3.05) is 18.1 Å². The highest BCUT2D eigenvalue weighted by Gasteiger charge is 2.33. The third kappa shape index (κ3) is 4.49. The van der Waals surface area contributed by atoms with Crippen LogP contribution in [0.4, 0.5) is 0 Å². The summed E-state index contributed by atoms with van der Waals surface area (Å²) >= 11 is 0. The van der Waals surface area contributed by atoms with Crippen LogP contribution in [0.15, 0.2) is 0 Å². The van der Waals surface area contributed by atoms with Gasteiger partial charge in [0.1, 0.15) is 0 Å². The molecule has 0 saturated carbocycles. The molecule has 0 bridgehead atoms. The van der Waals surface area contributed by atoms with E-state index in [0.29, 0.717) is 12.8 Å². The van der Waals surface area contributed by atoms with Gasteiger partial charge in [-0.2, -0.15) is 0 Å². The fourth-order valence-corrected chi connectivity index (χ4v) is 3.87. The molecule has 2 unspecified atom stereocenters. The zero-order valence-electron chi connectivity index (χ0n) is 11.3. The van der Waals surface area contributed by atoms with Crippen molar-refractivity contribution in [3.05, 3.63) is 0 Å². The number of nitrogens with one attached hydrogen (secondary N) is 1. The van der Waals surface area contributed by atoms with E-state index in [4.69, 9.17) is 5.11 Å². The average molecular weight is 291 g/mol. The third-order valence-electron chi connectivity index (χ3n) is 3.77. The summed E-state index contributed by atoms with van der Waals surface area (Å²) in [6.45, 7) is 3.40. The van der Waals surface area contributed by atoms with Crippen LogP contribution < -0.4 is 5.32 Å². The fraction of sp³-hybridized carbons (Fsp3) is 0.833. The smallest absolute Gasteiger partial charge is 0.311 e. The van der Waals surface area contributed by atoms with Gasteiger partial charge in [0.25, 0.3) is 0 Å². The van der Waals surface area contributed by atoms with E-state index >= 15 is 0 Å². The van der Waals surface area contributed by atoms with E-state index in [-0.39, 0.29) is 36.3 Å². The summed E-state index contributed by atoms with van der Waals surface area (Å²) in [7, 11) is -2.98. The molecule has 19 heavy (non-hydrogen) atoms. The molecular formula is C12H21NO5S. The third-order valence-corrected chi connectivity index (χ3v) is 5.61. The lowest BCUT2D eigenvalue weighted by atomic mass is 9.87. The van der Waals surface area contributed by atoms with E-state index in [0.717, 1.165) is 0 Å². The normalized spacial score (nSPS) is 24.6. The Labute approximate surface area is 113 Å². The predicted octanol–water partition coefficient (Wildman–Crippen LogP) is 0.428. The summed E-state index contributed by atoms with van der Waals surface area (Å²) in [5.41, 5.74) is -0.975. The molecular weight excluding hydrogens is 270 g/mol. The number of carboxylic acids is 1. The first-order valence-electron chi connectivity index (χ1n) is 6.39. The predicted molar refractivity (Wildman–Crippen MR) is 70.4 cm³/mol. The molecule has 1 amide bonds. The molecule has 2 atom stereocenters. The summed E-state index contributed by atoms with van der Waals surface area (Å²) < 4.78 is 22.5. The largest absolute Gasteiger partial charge is 0.481 e. The molecule has 0 aliphatic carbocycles. The van der Waals surface area contributed by atoms with Gasteiger partial charge >= 0.3 is 5.97 Å². The van der Waals surface area contributed by atoms with Crippen LogP contribution in [-0.2, 0) is 19.4 Å². The van der Waals surface area contributed by atoms with Crippen molar-refractivity contribution in [1.82, 2.24) is 5.32 Å². The Morgan fingerprint density at radius 1 is 1.42 bits per heavy atom. The van der Waals surface area contributed by atoms with E-state index in [1.165, 1.54) is 0 Å². The molecule has 6 nitrogen and oxygen atoms in total. The number of hydrogen-bond acceptors (Lipinski definition) is 4. The number of carbonyl (C=O) groups excluding carboxylic acids is 1. The van der Waals surface area contributed by atoms with Gasteiger partial charge in [-0.05, 0) is 25.7 Å².